The minimum Gasteiger partial charge on any atom is -0.273 e. The van der Waals surface area contributed by atoms with E-state index in [0.717, 1.165) is 7.11 Å². The van der Waals surface area contributed by atoms with Crippen LogP contribution in [0.5, 0.6) is 0 Å². The second-order valence-electron chi connectivity index (χ2n) is 2.16. The molecular weight excluding hydrogens is 232 g/mol. The van der Waals surface area contributed by atoms with Gasteiger partial charge in [-0.15, -0.1) is 6.42 Å². The summed E-state index contributed by atoms with van der Waals surface area (Å²) < 4.78 is 51.6. The van der Waals surface area contributed by atoms with Gasteiger partial charge >= 0.3 is 0 Å². The Kier molecular flexibility index (Phi) is 5.07. The summed E-state index contributed by atoms with van der Waals surface area (Å²) in [5, 5.41) is 0. The zero-order chi connectivity index (χ0) is 11.2. The Bertz CT molecular complexity index is 398. The van der Waals surface area contributed by atoms with Gasteiger partial charge in [0.1, 0.15) is 6.61 Å². The van der Waals surface area contributed by atoms with E-state index >= 15 is 0 Å². The first-order chi connectivity index (χ1) is 6.33. The van der Waals surface area contributed by atoms with E-state index in [4.69, 9.17) is 6.42 Å². The summed E-state index contributed by atoms with van der Waals surface area (Å²) in [5.41, 5.74) is 0. The Labute approximate surface area is 83.5 Å². The summed E-state index contributed by atoms with van der Waals surface area (Å²) in [4.78, 5) is 0. The van der Waals surface area contributed by atoms with Gasteiger partial charge in [-0.25, -0.2) is 0 Å². The van der Waals surface area contributed by atoms with Crippen LogP contribution in [0.25, 0.3) is 0 Å². The Morgan fingerprint density at radius 3 is 2.07 bits per heavy atom. The molecule has 0 aliphatic heterocycles. The van der Waals surface area contributed by atoms with E-state index in [9.17, 15) is 16.8 Å². The number of rotatable bonds is 6. The first kappa shape index (κ1) is 13.4. The standard InChI is InChI=1S/C6H10O6S2/c1-3-4-12-14(9,10)6-5-13(7,8)11-2/h1H,4-6H2,2H3. The third-order valence-corrected chi connectivity index (χ3v) is 3.81. The predicted molar refractivity (Wildman–Crippen MR) is 49.4 cm³/mol. The van der Waals surface area contributed by atoms with E-state index in [1.807, 2.05) is 5.92 Å². The normalized spacial score (nSPS) is 12.3. The first-order valence-corrected chi connectivity index (χ1v) is 6.57. The summed E-state index contributed by atoms with van der Waals surface area (Å²) >= 11 is 0. The highest BCUT2D eigenvalue weighted by Crippen LogP contribution is 1.97. The molecule has 0 atom stereocenters. The molecule has 0 aromatic heterocycles. The zero-order valence-corrected chi connectivity index (χ0v) is 9.10. The Morgan fingerprint density at radius 1 is 1.14 bits per heavy atom. The van der Waals surface area contributed by atoms with Crippen molar-refractivity contribution in [1.82, 2.24) is 0 Å². The molecule has 8 heteroatoms. The maximum Gasteiger partial charge on any atom is 0.269 e. The van der Waals surface area contributed by atoms with Gasteiger partial charge in [-0.3, -0.25) is 8.37 Å². The van der Waals surface area contributed by atoms with Crippen molar-refractivity contribution in [1.29, 1.82) is 0 Å². The van der Waals surface area contributed by atoms with Crippen LogP contribution in [0, 0.1) is 12.3 Å². The van der Waals surface area contributed by atoms with E-state index in [-0.39, 0.29) is 0 Å². The Morgan fingerprint density at radius 2 is 1.64 bits per heavy atom. The van der Waals surface area contributed by atoms with E-state index in [2.05, 4.69) is 8.37 Å². The van der Waals surface area contributed by atoms with Crippen LogP contribution in [0.4, 0.5) is 0 Å². The molecule has 0 aliphatic carbocycles. The van der Waals surface area contributed by atoms with Crippen LogP contribution in [0.15, 0.2) is 0 Å². The van der Waals surface area contributed by atoms with Crippen LogP contribution in [-0.4, -0.2) is 42.1 Å². The lowest BCUT2D eigenvalue weighted by Crippen LogP contribution is -2.20. The number of hydrogen-bond acceptors (Lipinski definition) is 6. The molecule has 6 nitrogen and oxygen atoms in total. The third kappa shape index (κ3) is 5.93. The molecular formula is C6H10O6S2. The second kappa shape index (κ2) is 5.31. The molecule has 0 saturated carbocycles. The lowest BCUT2D eigenvalue weighted by Gasteiger charge is -2.02. The summed E-state index contributed by atoms with van der Waals surface area (Å²) in [5.74, 6) is 0.621. The molecule has 0 fully saturated rings. The van der Waals surface area contributed by atoms with Gasteiger partial charge in [-0.05, 0) is 0 Å². The van der Waals surface area contributed by atoms with E-state index in [1.165, 1.54) is 0 Å². The predicted octanol–water partition coefficient (Wildman–Crippen LogP) is -1.06. The molecule has 0 aliphatic rings. The summed E-state index contributed by atoms with van der Waals surface area (Å²) in [6, 6.07) is 0. The highest BCUT2D eigenvalue weighted by Gasteiger charge is 2.17. The summed E-state index contributed by atoms with van der Waals surface area (Å²) in [6.45, 7) is -0.407. The summed E-state index contributed by atoms with van der Waals surface area (Å²) in [7, 11) is -6.73. The third-order valence-electron chi connectivity index (χ3n) is 1.16. The van der Waals surface area contributed by atoms with Crippen LogP contribution >= 0.6 is 0 Å². The van der Waals surface area contributed by atoms with Crippen LogP contribution in [0.2, 0.25) is 0 Å². The number of hydrogen-bond donors (Lipinski definition) is 0. The molecule has 82 valence electrons. The van der Waals surface area contributed by atoms with Crippen molar-refractivity contribution in [2.45, 2.75) is 0 Å². The fourth-order valence-electron chi connectivity index (χ4n) is 0.470. The van der Waals surface area contributed by atoms with Crippen molar-refractivity contribution >= 4 is 20.2 Å². The highest BCUT2D eigenvalue weighted by molar-refractivity contribution is 7.90. The van der Waals surface area contributed by atoms with Gasteiger partial charge < -0.3 is 0 Å². The van der Waals surface area contributed by atoms with Gasteiger partial charge in [-0.1, -0.05) is 5.92 Å². The minimum absolute atomic E-state index is 0.407. The van der Waals surface area contributed by atoms with E-state index in [0.29, 0.717) is 0 Å². The quantitative estimate of drug-likeness (QED) is 0.436. The van der Waals surface area contributed by atoms with E-state index in [1.54, 1.807) is 0 Å². The van der Waals surface area contributed by atoms with Gasteiger partial charge in [0, 0.05) is 0 Å². The largest absolute Gasteiger partial charge is 0.273 e. The molecule has 0 radical (unpaired) electrons. The fourth-order valence-corrected chi connectivity index (χ4v) is 2.64. The zero-order valence-electron chi connectivity index (χ0n) is 7.46. The van der Waals surface area contributed by atoms with Crippen molar-refractivity contribution in [3.8, 4) is 12.3 Å². The molecule has 0 aromatic carbocycles. The maximum atomic E-state index is 10.9. The fraction of sp³-hybridized carbons (Fsp3) is 0.667. The van der Waals surface area contributed by atoms with Crippen molar-refractivity contribution < 1.29 is 25.2 Å². The lowest BCUT2D eigenvalue weighted by atomic mass is 10.8. The lowest BCUT2D eigenvalue weighted by molar-refractivity contribution is 0.362. The molecule has 0 bridgehead atoms. The van der Waals surface area contributed by atoms with Crippen LogP contribution in [0.3, 0.4) is 0 Å². The molecule has 0 unspecified atom stereocenters. The Hall–Kier alpha value is -0.620. The average molecular weight is 242 g/mol. The molecule has 0 N–H and O–H groups in total. The molecule has 0 spiro atoms. The molecule has 0 amide bonds. The molecule has 0 saturated heterocycles. The smallest absolute Gasteiger partial charge is 0.269 e. The average Bonchev–Trinajstić information content (AvgIpc) is 2.12. The van der Waals surface area contributed by atoms with Crippen molar-refractivity contribution in [2.75, 3.05) is 25.2 Å². The van der Waals surface area contributed by atoms with Gasteiger partial charge in [0.15, 0.2) is 0 Å². The first-order valence-electron chi connectivity index (χ1n) is 3.42. The van der Waals surface area contributed by atoms with Gasteiger partial charge in [0.25, 0.3) is 20.2 Å². The van der Waals surface area contributed by atoms with E-state index < -0.39 is 38.3 Å². The van der Waals surface area contributed by atoms with Crippen molar-refractivity contribution in [2.24, 2.45) is 0 Å². The molecule has 14 heavy (non-hydrogen) atoms. The number of terminal acetylenes is 1. The second-order valence-corrected chi connectivity index (χ2v) is 5.77. The van der Waals surface area contributed by atoms with Crippen LogP contribution in [0.1, 0.15) is 0 Å². The molecule has 0 aromatic rings. The SMILES string of the molecule is C#CCOS(=O)(=O)CCS(=O)(=O)OC. The topological polar surface area (TPSA) is 86.7 Å². The van der Waals surface area contributed by atoms with Gasteiger partial charge in [0.05, 0.1) is 18.6 Å². The molecule has 0 heterocycles. The van der Waals surface area contributed by atoms with Gasteiger partial charge in [0.2, 0.25) is 0 Å². The highest BCUT2D eigenvalue weighted by atomic mass is 32.2. The van der Waals surface area contributed by atoms with Crippen LogP contribution < -0.4 is 0 Å². The maximum absolute atomic E-state index is 10.9. The van der Waals surface area contributed by atoms with Gasteiger partial charge in [-0.2, -0.15) is 16.8 Å². The van der Waals surface area contributed by atoms with Crippen LogP contribution in [-0.2, 0) is 28.6 Å². The molecule has 0 rings (SSSR count). The minimum atomic E-state index is -3.89. The monoisotopic (exact) mass is 242 g/mol. The summed E-state index contributed by atoms with van der Waals surface area (Å²) in [6.07, 6.45) is 4.76. The Balaban J connectivity index is 4.22. The van der Waals surface area contributed by atoms with Crippen molar-refractivity contribution in [3.05, 3.63) is 0 Å². The van der Waals surface area contributed by atoms with Crippen molar-refractivity contribution in [3.63, 3.8) is 0 Å².